The fourth-order valence-corrected chi connectivity index (χ4v) is 3.56. The molecule has 2 N–H and O–H groups in total. The number of amides is 2. The number of nitrogens with zero attached hydrogens (tertiary/aromatic N) is 2. The number of fused-ring (bicyclic) bond motifs is 1. The van der Waals surface area contributed by atoms with Gasteiger partial charge in [0.05, 0.1) is 29.4 Å². The Bertz CT molecular complexity index is 1380. The summed E-state index contributed by atoms with van der Waals surface area (Å²) in [4.78, 5) is 36.5. The molecule has 0 aliphatic rings. The number of anilines is 1. The lowest BCUT2D eigenvalue weighted by Crippen LogP contribution is -2.17. The molecule has 0 unspecified atom stereocenters. The van der Waals surface area contributed by atoms with Crippen molar-refractivity contribution in [3.8, 4) is 11.1 Å². The first-order valence-electron chi connectivity index (χ1n) is 9.90. The molecular weight excluding hydrogens is 444 g/mol. The van der Waals surface area contributed by atoms with Crippen molar-refractivity contribution in [1.82, 2.24) is 14.9 Å². The van der Waals surface area contributed by atoms with Crippen molar-refractivity contribution >= 4 is 40.6 Å². The summed E-state index contributed by atoms with van der Waals surface area (Å²) in [6.45, 7) is 0. The highest BCUT2D eigenvalue weighted by atomic mass is 35.5. The minimum Gasteiger partial charge on any atom is -0.465 e. The predicted octanol–water partition coefficient (Wildman–Crippen LogP) is 4.05. The van der Waals surface area contributed by atoms with Crippen LogP contribution >= 0.6 is 11.6 Å². The molecule has 0 aliphatic carbocycles. The number of rotatable bonds is 5. The molecule has 2 amide bonds. The van der Waals surface area contributed by atoms with Crippen molar-refractivity contribution in [1.29, 1.82) is 0 Å². The van der Waals surface area contributed by atoms with Crippen LogP contribution in [0.1, 0.15) is 31.1 Å². The van der Waals surface area contributed by atoms with Gasteiger partial charge < -0.3 is 15.4 Å². The van der Waals surface area contributed by atoms with E-state index in [4.69, 9.17) is 16.3 Å². The molecule has 0 radical (unpaired) electrons. The maximum absolute atomic E-state index is 12.9. The number of carbonyl (C=O) groups is 3. The number of hydrogen-bond donors (Lipinski definition) is 2. The first kappa shape index (κ1) is 22.0. The summed E-state index contributed by atoms with van der Waals surface area (Å²) < 4.78 is 6.38. The van der Waals surface area contributed by atoms with Gasteiger partial charge in [0, 0.05) is 35.6 Å². The van der Waals surface area contributed by atoms with Gasteiger partial charge in [-0.15, -0.1) is 0 Å². The smallest absolute Gasteiger partial charge is 0.339 e. The Balaban J connectivity index is 1.63. The van der Waals surface area contributed by atoms with Gasteiger partial charge in [0.25, 0.3) is 11.8 Å². The van der Waals surface area contributed by atoms with Crippen LogP contribution in [-0.2, 0) is 4.74 Å². The second-order valence-corrected chi connectivity index (χ2v) is 7.51. The lowest BCUT2D eigenvalue weighted by atomic mass is 10.0. The molecule has 33 heavy (non-hydrogen) atoms. The number of halogens is 1. The zero-order chi connectivity index (χ0) is 23.5. The molecule has 0 fully saturated rings. The predicted molar refractivity (Wildman–Crippen MR) is 125 cm³/mol. The maximum atomic E-state index is 12.9. The summed E-state index contributed by atoms with van der Waals surface area (Å²) in [5.41, 5.74) is 3.91. The highest BCUT2D eigenvalue weighted by Gasteiger charge is 2.15. The number of methoxy groups -OCH3 is 1. The number of nitrogens with one attached hydrogen (secondary N) is 2. The van der Waals surface area contributed by atoms with Gasteiger partial charge in [-0.05, 0) is 48.0 Å². The molecular formula is C24H19ClN4O4. The van der Waals surface area contributed by atoms with Gasteiger partial charge in [-0.25, -0.2) is 9.31 Å². The standard InChI is InChI=1S/C24H19ClN4O4/c1-26-22(30)15-5-3-14(4-6-15)19-13-27-29-10-9-16(11-21(19)29)23(31)28-17-7-8-20(25)18(12-17)24(32)33-2/h3-13H,1-2H3,(H,26,30)(H,28,31). The Labute approximate surface area is 194 Å². The van der Waals surface area contributed by atoms with Gasteiger partial charge in [0.2, 0.25) is 0 Å². The number of benzene rings is 2. The largest absolute Gasteiger partial charge is 0.465 e. The van der Waals surface area contributed by atoms with Crippen LogP contribution in [-0.4, -0.2) is 41.6 Å². The van der Waals surface area contributed by atoms with E-state index in [0.29, 0.717) is 16.8 Å². The summed E-state index contributed by atoms with van der Waals surface area (Å²) in [6, 6.07) is 15.1. The first-order chi connectivity index (χ1) is 15.9. The van der Waals surface area contributed by atoms with Crippen LogP contribution in [0.4, 0.5) is 5.69 Å². The normalized spacial score (nSPS) is 10.6. The average Bonchev–Trinajstić information content (AvgIpc) is 3.27. The Morgan fingerprint density at radius 3 is 2.42 bits per heavy atom. The van der Waals surface area contributed by atoms with Crippen LogP contribution in [0.5, 0.6) is 0 Å². The molecule has 4 rings (SSSR count). The Morgan fingerprint density at radius 1 is 0.970 bits per heavy atom. The summed E-state index contributed by atoms with van der Waals surface area (Å²) in [6.07, 6.45) is 3.39. The van der Waals surface area contributed by atoms with E-state index in [2.05, 4.69) is 15.7 Å². The molecule has 0 saturated carbocycles. The van der Waals surface area contributed by atoms with E-state index in [1.165, 1.54) is 19.2 Å². The number of carbonyl (C=O) groups excluding carboxylic acids is 3. The van der Waals surface area contributed by atoms with Crippen LogP contribution in [0, 0.1) is 0 Å². The highest BCUT2D eigenvalue weighted by Crippen LogP contribution is 2.26. The topological polar surface area (TPSA) is 102 Å². The minimum atomic E-state index is -0.594. The quantitative estimate of drug-likeness (QED) is 0.435. The third-order valence-electron chi connectivity index (χ3n) is 5.10. The molecule has 0 saturated heterocycles. The van der Waals surface area contributed by atoms with E-state index in [9.17, 15) is 14.4 Å². The number of esters is 1. The SMILES string of the molecule is CNC(=O)c1ccc(-c2cnn3ccc(C(=O)Nc4ccc(Cl)c(C(=O)OC)c4)cc23)cc1. The molecule has 2 aromatic carbocycles. The van der Waals surface area contributed by atoms with E-state index < -0.39 is 5.97 Å². The molecule has 0 spiro atoms. The van der Waals surface area contributed by atoms with Gasteiger partial charge in [-0.1, -0.05) is 23.7 Å². The lowest BCUT2D eigenvalue weighted by molar-refractivity contribution is 0.0600. The maximum Gasteiger partial charge on any atom is 0.339 e. The molecule has 0 bridgehead atoms. The van der Waals surface area contributed by atoms with Crippen molar-refractivity contribution in [3.05, 3.63) is 88.7 Å². The van der Waals surface area contributed by atoms with Gasteiger partial charge in [-0.2, -0.15) is 5.10 Å². The zero-order valence-corrected chi connectivity index (χ0v) is 18.5. The highest BCUT2D eigenvalue weighted by molar-refractivity contribution is 6.33. The zero-order valence-electron chi connectivity index (χ0n) is 17.8. The van der Waals surface area contributed by atoms with Crippen LogP contribution in [0.3, 0.4) is 0 Å². The summed E-state index contributed by atoms with van der Waals surface area (Å²) in [7, 11) is 2.84. The van der Waals surface area contributed by atoms with Gasteiger partial charge in [0.1, 0.15) is 0 Å². The molecule has 2 heterocycles. The molecule has 8 nitrogen and oxygen atoms in total. The summed E-state index contributed by atoms with van der Waals surface area (Å²) in [5.74, 6) is -1.13. The van der Waals surface area contributed by atoms with Gasteiger partial charge in [0.15, 0.2) is 0 Å². The van der Waals surface area contributed by atoms with Crippen molar-refractivity contribution in [2.24, 2.45) is 0 Å². The van der Waals surface area contributed by atoms with E-state index in [0.717, 1.165) is 16.6 Å². The first-order valence-corrected chi connectivity index (χ1v) is 10.3. The number of hydrogen-bond acceptors (Lipinski definition) is 5. The van der Waals surface area contributed by atoms with Crippen LogP contribution in [0.2, 0.25) is 5.02 Å². The fourth-order valence-electron chi connectivity index (χ4n) is 3.36. The number of ether oxygens (including phenoxy) is 1. The molecule has 0 atom stereocenters. The van der Waals surface area contributed by atoms with Crippen molar-refractivity contribution in [3.63, 3.8) is 0 Å². The third kappa shape index (κ3) is 4.42. The van der Waals surface area contributed by atoms with E-state index >= 15 is 0 Å². The van der Waals surface area contributed by atoms with E-state index in [-0.39, 0.29) is 22.4 Å². The second kappa shape index (κ2) is 9.13. The van der Waals surface area contributed by atoms with Crippen LogP contribution in [0.25, 0.3) is 16.6 Å². The summed E-state index contributed by atoms with van der Waals surface area (Å²) in [5, 5.41) is 9.93. The fraction of sp³-hybridized carbons (Fsp3) is 0.0833. The van der Waals surface area contributed by atoms with Crippen molar-refractivity contribution < 1.29 is 19.1 Å². The Hall–Kier alpha value is -4.17. The molecule has 0 aliphatic heterocycles. The van der Waals surface area contributed by atoms with Crippen molar-refractivity contribution in [2.75, 3.05) is 19.5 Å². The number of aromatic nitrogens is 2. The van der Waals surface area contributed by atoms with Gasteiger partial charge >= 0.3 is 5.97 Å². The lowest BCUT2D eigenvalue weighted by Gasteiger charge is -2.09. The molecule has 2 aromatic heterocycles. The number of pyridine rings is 1. The minimum absolute atomic E-state index is 0.158. The third-order valence-corrected chi connectivity index (χ3v) is 5.43. The molecule has 4 aromatic rings. The molecule has 166 valence electrons. The van der Waals surface area contributed by atoms with Crippen LogP contribution in [0.15, 0.2) is 67.0 Å². The van der Waals surface area contributed by atoms with Gasteiger partial charge in [-0.3, -0.25) is 9.59 Å². The summed E-state index contributed by atoms with van der Waals surface area (Å²) >= 11 is 6.04. The second-order valence-electron chi connectivity index (χ2n) is 7.10. The monoisotopic (exact) mass is 462 g/mol. The van der Waals surface area contributed by atoms with E-state index in [1.807, 2.05) is 12.1 Å². The van der Waals surface area contributed by atoms with Crippen LogP contribution < -0.4 is 10.6 Å². The Kier molecular flexibility index (Phi) is 6.10. The van der Waals surface area contributed by atoms with E-state index in [1.54, 1.807) is 54.3 Å². The van der Waals surface area contributed by atoms with Crippen molar-refractivity contribution in [2.45, 2.75) is 0 Å². The Morgan fingerprint density at radius 2 is 1.73 bits per heavy atom. The molecule has 9 heteroatoms. The average molecular weight is 463 g/mol.